The number of aromatic nitrogens is 5. The summed E-state index contributed by atoms with van der Waals surface area (Å²) in [7, 11) is 0. The van der Waals surface area contributed by atoms with Crippen molar-refractivity contribution in [2.24, 2.45) is 0 Å². The third kappa shape index (κ3) is 3.60. The van der Waals surface area contributed by atoms with Crippen LogP contribution in [0.3, 0.4) is 0 Å². The number of nitrogens with zero attached hydrogens (tertiary/aromatic N) is 5. The monoisotopic (exact) mass is 314 g/mol. The number of nitrogens with one attached hydrogen (secondary N) is 1. The molecule has 0 saturated carbocycles. The number of carbonyl (C=O) groups excluding carboxylic acids is 1. The molecule has 0 bridgehead atoms. The fourth-order valence-electron chi connectivity index (χ4n) is 2.13. The highest BCUT2D eigenvalue weighted by Gasteiger charge is 2.11. The molecule has 0 unspecified atom stereocenters. The number of carbonyl (C=O) groups is 1. The van der Waals surface area contributed by atoms with Gasteiger partial charge in [-0.15, -0.1) is 5.10 Å². The van der Waals surface area contributed by atoms with Gasteiger partial charge in [0.25, 0.3) is 0 Å². The van der Waals surface area contributed by atoms with Gasteiger partial charge in [0.05, 0.1) is 18.4 Å². The quantitative estimate of drug-likeness (QED) is 0.932. The van der Waals surface area contributed by atoms with E-state index in [1.165, 1.54) is 17.7 Å². The second-order valence-corrected chi connectivity index (χ2v) is 5.03. The summed E-state index contributed by atoms with van der Waals surface area (Å²) in [5, 5.41) is 14.7. The summed E-state index contributed by atoms with van der Waals surface area (Å²) in [5.74, 6) is -0.444. The van der Waals surface area contributed by atoms with Crippen molar-refractivity contribution in [1.29, 1.82) is 0 Å². The molecule has 0 aliphatic heterocycles. The fourth-order valence-corrected chi connectivity index (χ4v) is 2.13. The molecule has 0 spiro atoms. The first-order valence-electron chi connectivity index (χ1n) is 7.05. The minimum atomic E-state index is -0.297. The Labute approximate surface area is 131 Å². The van der Waals surface area contributed by atoms with Gasteiger partial charge in [0, 0.05) is 31.4 Å². The number of rotatable bonds is 4. The lowest BCUT2D eigenvalue weighted by atomic mass is 10.3. The van der Waals surface area contributed by atoms with Gasteiger partial charge in [-0.3, -0.25) is 4.79 Å². The second kappa shape index (κ2) is 6.39. The van der Waals surface area contributed by atoms with Crippen molar-refractivity contribution in [2.75, 3.05) is 0 Å². The van der Waals surface area contributed by atoms with Gasteiger partial charge in [0.1, 0.15) is 11.5 Å². The maximum Gasteiger partial charge on any atom is 0.217 e. The molecule has 23 heavy (non-hydrogen) atoms. The third-order valence-electron chi connectivity index (χ3n) is 3.22. The molecule has 0 aromatic carbocycles. The van der Waals surface area contributed by atoms with Crippen LogP contribution in [-0.2, 0) is 11.3 Å². The molecule has 1 amide bonds. The lowest BCUT2D eigenvalue weighted by molar-refractivity contribution is -0.119. The lowest BCUT2D eigenvalue weighted by Crippen LogP contribution is -2.19. The van der Waals surface area contributed by atoms with Crippen molar-refractivity contribution < 1.29 is 9.18 Å². The number of hydrogen-bond acceptors (Lipinski definition) is 4. The first-order chi connectivity index (χ1) is 11.1. The number of allylic oxidation sites excluding steroid dienone is 6. The predicted octanol–water partition coefficient (Wildman–Crippen LogP) is 1.75. The van der Waals surface area contributed by atoms with Gasteiger partial charge in [0.2, 0.25) is 5.91 Å². The molecule has 118 valence electrons. The Hall–Kier alpha value is -3.03. The summed E-state index contributed by atoms with van der Waals surface area (Å²) in [5.41, 5.74) is 1.86. The van der Waals surface area contributed by atoms with Gasteiger partial charge in [-0.1, -0.05) is 5.21 Å². The smallest absolute Gasteiger partial charge is 0.217 e. The van der Waals surface area contributed by atoms with E-state index in [1.54, 1.807) is 41.5 Å². The zero-order valence-electron chi connectivity index (χ0n) is 12.5. The van der Waals surface area contributed by atoms with Crippen LogP contribution in [0.4, 0.5) is 4.39 Å². The highest BCUT2D eigenvalue weighted by Crippen LogP contribution is 2.23. The molecule has 0 saturated heterocycles. The van der Waals surface area contributed by atoms with Crippen molar-refractivity contribution in [3.05, 3.63) is 54.4 Å². The third-order valence-corrected chi connectivity index (χ3v) is 3.22. The van der Waals surface area contributed by atoms with E-state index in [-0.39, 0.29) is 24.7 Å². The average molecular weight is 314 g/mol. The van der Waals surface area contributed by atoms with Crippen LogP contribution in [0.25, 0.3) is 11.4 Å². The highest BCUT2D eigenvalue weighted by molar-refractivity contribution is 5.72. The molecule has 0 radical (unpaired) electrons. The lowest BCUT2D eigenvalue weighted by Gasteiger charge is -2.03. The molecule has 0 atom stereocenters. The summed E-state index contributed by atoms with van der Waals surface area (Å²) in [4.78, 5) is 10.9. The van der Waals surface area contributed by atoms with E-state index in [0.717, 1.165) is 5.70 Å². The summed E-state index contributed by atoms with van der Waals surface area (Å²) in [6, 6.07) is 1.78. The van der Waals surface area contributed by atoms with Crippen molar-refractivity contribution in [3.8, 4) is 0 Å². The standard InChI is InChI=1S/C15H15FN6O/c1-11(23)17-9-13-10-22(20-19-13)15-4-3-14(7-12(16)8-15)21-6-2-5-18-21/h2-6,8,10H,7,9H2,1H3,(H,17,23). The van der Waals surface area contributed by atoms with Gasteiger partial charge in [-0.05, 0) is 24.3 Å². The number of amides is 1. The number of hydrogen-bond donors (Lipinski definition) is 1. The minimum absolute atomic E-state index is 0.147. The Kier molecular flexibility index (Phi) is 4.13. The van der Waals surface area contributed by atoms with Crippen LogP contribution in [0, 0.1) is 0 Å². The van der Waals surface area contributed by atoms with Gasteiger partial charge in [-0.2, -0.15) is 5.10 Å². The zero-order chi connectivity index (χ0) is 16.2. The van der Waals surface area contributed by atoms with Crippen LogP contribution >= 0.6 is 0 Å². The van der Waals surface area contributed by atoms with Crippen LogP contribution in [0.2, 0.25) is 0 Å². The van der Waals surface area contributed by atoms with Crippen LogP contribution < -0.4 is 5.32 Å². The summed E-state index contributed by atoms with van der Waals surface area (Å²) >= 11 is 0. The van der Waals surface area contributed by atoms with E-state index in [9.17, 15) is 9.18 Å². The van der Waals surface area contributed by atoms with Gasteiger partial charge >= 0.3 is 0 Å². The molecule has 2 heterocycles. The maximum absolute atomic E-state index is 14.1. The Morgan fingerprint density at radius 1 is 1.39 bits per heavy atom. The normalized spacial score (nSPS) is 14.6. The molecule has 2 aromatic heterocycles. The van der Waals surface area contributed by atoms with E-state index in [0.29, 0.717) is 11.4 Å². The van der Waals surface area contributed by atoms with E-state index in [2.05, 4.69) is 20.7 Å². The molecule has 1 aliphatic rings. The topological polar surface area (TPSA) is 77.6 Å². The van der Waals surface area contributed by atoms with E-state index < -0.39 is 0 Å². The summed E-state index contributed by atoms with van der Waals surface area (Å²) < 4.78 is 17.2. The Balaban J connectivity index is 1.84. The maximum atomic E-state index is 14.1. The molecule has 8 heteroatoms. The molecule has 1 aliphatic carbocycles. The predicted molar refractivity (Wildman–Crippen MR) is 82.1 cm³/mol. The number of halogens is 1. The van der Waals surface area contributed by atoms with Gasteiger partial charge in [0.15, 0.2) is 0 Å². The Morgan fingerprint density at radius 2 is 2.26 bits per heavy atom. The molecule has 3 rings (SSSR count). The van der Waals surface area contributed by atoms with E-state index in [1.807, 2.05) is 0 Å². The van der Waals surface area contributed by atoms with Crippen LogP contribution in [0.1, 0.15) is 19.0 Å². The Morgan fingerprint density at radius 3 is 3.00 bits per heavy atom. The van der Waals surface area contributed by atoms with Crippen molar-refractivity contribution >= 4 is 17.3 Å². The van der Waals surface area contributed by atoms with E-state index >= 15 is 0 Å². The highest BCUT2D eigenvalue weighted by atomic mass is 19.1. The van der Waals surface area contributed by atoms with Crippen LogP contribution in [0.15, 0.2) is 48.7 Å². The minimum Gasteiger partial charge on any atom is -0.351 e. The van der Waals surface area contributed by atoms with Crippen molar-refractivity contribution in [3.63, 3.8) is 0 Å². The first-order valence-corrected chi connectivity index (χ1v) is 7.05. The van der Waals surface area contributed by atoms with Crippen molar-refractivity contribution in [2.45, 2.75) is 19.9 Å². The largest absolute Gasteiger partial charge is 0.351 e. The summed E-state index contributed by atoms with van der Waals surface area (Å²) in [6.45, 7) is 1.71. The molecule has 1 N–H and O–H groups in total. The zero-order valence-corrected chi connectivity index (χ0v) is 12.5. The van der Waals surface area contributed by atoms with Gasteiger partial charge in [-0.25, -0.2) is 13.8 Å². The first kappa shape index (κ1) is 14.9. The Bertz CT molecular complexity index is 800. The average Bonchev–Trinajstić information content (AvgIpc) is 3.16. The van der Waals surface area contributed by atoms with Crippen molar-refractivity contribution in [1.82, 2.24) is 30.1 Å². The molecule has 2 aromatic rings. The van der Waals surface area contributed by atoms with E-state index in [4.69, 9.17) is 0 Å². The molecule has 7 nitrogen and oxygen atoms in total. The second-order valence-electron chi connectivity index (χ2n) is 5.03. The molecule has 0 fully saturated rings. The van der Waals surface area contributed by atoms with Crippen LogP contribution in [0.5, 0.6) is 0 Å². The SMILES string of the molecule is CC(=O)NCc1cn(C2=CC=C(n3cccn3)CC(F)=C2)nn1. The van der Waals surface area contributed by atoms with Gasteiger partial charge < -0.3 is 5.32 Å². The van der Waals surface area contributed by atoms with Crippen LogP contribution in [-0.4, -0.2) is 30.7 Å². The summed E-state index contributed by atoms with van der Waals surface area (Å²) in [6.07, 6.45) is 10.2. The molecular weight excluding hydrogens is 299 g/mol. The molecular formula is C15H15FN6O. The fraction of sp³-hybridized carbons (Fsp3) is 0.200.